The van der Waals surface area contributed by atoms with Gasteiger partial charge in [-0.25, -0.2) is 0 Å². The topological polar surface area (TPSA) is 56.0 Å². The number of hydrogen-bond donors (Lipinski definition) is 0. The molecule has 2 rings (SSSR count). The molecule has 0 N–H and O–H groups in total. The average molecular weight is 350 g/mol. The predicted molar refractivity (Wildman–Crippen MR) is 61.3 cm³/mol. The van der Waals surface area contributed by atoms with Crippen molar-refractivity contribution in [1.29, 1.82) is 0 Å². The maximum atomic E-state index is 10.6. The fraction of sp³-hybridized carbons (Fsp3) is 0.300. The second-order valence-corrected chi connectivity index (χ2v) is 5.61. The summed E-state index contributed by atoms with van der Waals surface area (Å²) < 4.78 is 1.14. The second-order valence-electron chi connectivity index (χ2n) is 3.22. The molecule has 4 nitrogen and oxygen atoms in total. The smallest absolute Gasteiger partial charge is 0.272 e. The molecule has 1 unspecified atom stereocenters. The maximum Gasteiger partial charge on any atom is 0.272 e. The molecule has 0 amide bonds. The molecule has 0 aliphatic heterocycles. The summed E-state index contributed by atoms with van der Waals surface area (Å²) >= 11 is 0. The molecule has 16 heavy (non-hydrogen) atoms. The van der Waals surface area contributed by atoms with Crippen LogP contribution < -0.4 is 24.0 Å². The largest absolute Gasteiger partial charge is 1.00 e. The van der Waals surface area contributed by atoms with E-state index in [-0.39, 0.29) is 45.1 Å². The SMILES string of the molecule is CC[s+]1c(C)nc2cc([N+](=O)[O-])ccc21.[I-]. The Morgan fingerprint density at radius 2 is 2.19 bits per heavy atom. The number of nitro groups is 1. The molecule has 0 radical (unpaired) electrons. The molecule has 1 heterocycles. The van der Waals surface area contributed by atoms with Gasteiger partial charge in [-0.1, -0.05) is 0 Å². The van der Waals surface area contributed by atoms with Crippen molar-refractivity contribution in [3.05, 3.63) is 33.3 Å². The van der Waals surface area contributed by atoms with Crippen molar-refractivity contribution in [2.75, 3.05) is 0 Å². The molecule has 0 fully saturated rings. The van der Waals surface area contributed by atoms with E-state index in [1.807, 2.05) is 13.0 Å². The lowest BCUT2D eigenvalue weighted by atomic mass is 10.3. The first kappa shape index (κ1) is 13.3. The van der Waals surface area contributed by atoms with Crippen molar-refractivity contribution in [3.8, 4) is 0 Å². The molecular weight excluding hydrogens is 339 g/mol. The van der Waals surface area contributed by atoms with Gasteiger partial charge in [0.05, 0.1) is 4.92 Å². The monoisotopic (exact) mass is 350 g/mol. The van der Waals surface area contributed by atoms with Crippen LogP contribution in [0.3, 0.4) is 0 Å². The van der Waals surface area contributed by atoms with Gasteiger partial charge in [-0.15, -0.1) is 0 Å². The minimum Gasteiger partial charge on any atom is -1.00 e. The van der Waals surface area contributed by atoms with Gasteiger partial charge in [0.2, 0.25) is 9.71 Å². The second kappa shape index (κ2) is 5.05. The standard InChI is InChI=1S/C10H11N2O2S.HI/c1-3-15-7(2)11-9-6-8(12(13)14)4-5-10(9)15;/h4-6H,3H2,1-2H3;1H/q+1;/p-1. The highest BCUT2D eigenvalue weighted by Crippen LogP contribution is 2.35. The average Bonchev–Trinajstić information content (AvgIpc) is 2.51. The van der Waals surface area contributed by atoms with Crippen LogP contribution in [-0.4, -0.2) is 9.91 Å². The highest BCUT2D eigenvalue weighted by atomic mass is 127. The molecule has 1 aromatic carbocycles. The van der Waals surface area contributed by atoms with Crippen LogP contribution in [0.15, 0.2) is 18.2 Å². The van der Waals surface area contributed by atoms with E-state index in [1.54, 1.807) is 12.1 Å². The number of thiazole rings is 1. The number of fused-ring (bicyclic) bond motifs is 1. The van der Waals surface area contributed by atoms with Gasteiger partial charge in [0.15, 0.2) is 0 Å². The van der Waals surface area contributed by atoms with E-state index in [9.17, 15) is 10.1 Å². The highest BCUT2D eigenvalue weighted by Gasteiger charge is 2.19. The maximum absolute atomic E-state index is 10.6. The van der Waals surface area contributed by atoms with Gasteiger partial charge in [0.25, 0.3) is 5.69 Å². The summed E-state index contributed by atoms with van der Waals surface area (Å²) in [6, 6.07) is 4.95. The summed E-state index contributed by atoms with van der Waals surface area (Å²) in [6.45, 7) is 4.09. The number of aromatic nitrogens is 1. The van der Waals surface area contributed by atoms with Gasteiger partial charge in [-0.05, 0) is 6.92 Å². The number of nitro benzene ring substituents is 1. The van der Waals surface area contributed by atoms with Gasteiger partial charge >= 0.3 is 0 Å². The van der Waals surface area contributed by atoms with Crippen LogP contribution in [0.5, 0.6) is 0 Å². The van der Waals surface area contributed by atoms with E-state index in [0.717, 1.165) is 21.0 Å². The number of nitrogens with zero attached hydrogens (tertiary/aromatic N) is 2. The quantitative estimate of drug-likeness (QED) is 0.337. The Balaban J connectivity index is 0.00000128. The Bertz CT molecular complexity index is 539. The van der Waals surface area contributed by atoms with Crippen LogP contribution >= 0.6 is 10.5 Å². The fourth-order valence-electron chi connectivity index (χ4n) is 1.66. The number of hydrogen-bond acceptors (Lipinski definition) is 3. The van der Waals surface area contributed by atoms with Crippen molar-refractivity contribution < 1.29 is 28.9 Å². The number of halogens is 1. The van der Waals surface area contributed by atoms with E-state index < -0.39 is 0 Å². The first-order valence-corrected chi connectivity index (χ1v) is 6.07. The molecule has 6 heteroatoms. The molecule has 1 atom stereocenters. The predicted octanol–water partition coefficient (Wildman–Crippen LogP) is 0.224. The molecular formula is C10H11IN2O2S. The summed E-state index contributed by atoms with van der Waals surface area (Å²) in [4.78, 5) is 14.6. The normalized spacial score (nSPS) is 11.2. The number of aryl methyl sites for hydroxylation is 2. The summed E-state index contributed by atoms with van der Waals surface area (Å²) in [5.41, 5.74) is 0.888. The van der Waals surface area contributed by atoms with Gasteiger partial charge in [0.1, 0.15) is 11.3 Å². The van der Waals surface area contributed by atoms with E-state index in [0.29, 0.717) is 0 Å². The first-order valence-electron chi connectivity index (χ1n) is 4.68. The van der Waals surface area contributed by atoms with Crippen LogP contribution in [0.1, 0.15) is 11.9 Å². The van der Waals surface area contributed by atoms with Crippen molar-refractivity contribution in [3.63, 3.8) is 0 Å². The Labute approximate surface area is 113 Å². The van der Waals surface area contributed by atoms with Crippen LogP contribution in [-0.2, 0) is 5.75 Å². The third-order valence-corrected chi connectivity index (χ3v) is 4.60. The first-order chi connectivity index (χ1) is 7.13. The van der Waals surface area contributed by atoms with Gasteiger partial charge in [-0.2, -0.15) is 4.98 Å². The summed E-state index contributed by atoms with van der Waals surface area (Å²) in [5.74, 6) is 1.01. The minimum absolute atomic E-state index is 0. The van der Waals surface area contributed by atoms with Crippen molar-refractivity contribution in [1.82, 2.24) is 4.98 Å². The van der Waals surface area contributed by atoms with E-state index in [2.05, 4.69) is 11.9 Å². The van der Waals surface area contributed by atoms with Crippen LogP contribution in [0.4, 0.5) is 5.69 Å². The van der Waals surface area contributed by atoms with Crippen molar-refractivity contribution in [2.24, 2.45) is 0 Å². The molecule has 86 valence electrons. The van der Waals surface area contributed by atoms with Crippen molar-refractivity contribution >= 4 is 26.4 Å². The minimum atomic E-state index is -0.381. The third-order valence-electron chi connectivity index (χ3n) is 2.34. The zero-order chi connectivity index (χ0) is 11.0. The molecule has 0 saturated heterocycles. The van der Waals surface area contributed by atoms with Gasteiger partial charge in [-0.3, -0.25) is 10.1 Å². The lowest BCUT2D eigenvalue weighted by molar-refractivity contribution is -0.384. The number of non-ortho nitro benzene ring substituents is 1. The molecule has 0 aliphatic carbocycles. The zero-order valence-electron chi connectivity index (χ0n) is 8.94. The van der Waals surface area contributed by atoms with Crippen molar-refractivity contribution in [2.45, 2.75) is 19.6 Å². The molecule has 0 aliphatic rings. The molecule has 0 spiro atoms. The number of benzene rings is 1. The molecule has 2 aromatic rings. The third kappa shape index (κ3) is 2.17. The fourth-order valence-corrected chi connectivity index (χ4v) is 3.51. The lowest BCUT2D eigenvalue weighted by Crippen LogP contribution is -3.00. The molecule has 0 bridgehead atoms. The molecule has 1 aromatic heterocycles. The van der Waals surface area contributed by atoms with Gasteiger partial charge < -0.3 is 24.0 Å². The number of rotatable bonds is 2. The summed E-state index contributed by atoms with van der Waals surface area (Å²) in [6.07, 6.45) is 0. The Hall–Kier alpha value is -0.760. The Kier molecular flexibility index (Phi) is 4.20. The Morgan fingerprint density at radius 3 is 2.75 bits per heavy atom. The Morgan fingerprint density at radius 1 is 1.50 bits per heavy atom. The zero-order valence-corrected chi connectivity index (χ0v) is 11.9. The van der Waals surface area contributed by atoms with E-state index in [4.69, 9.17) is 0 Å². The highest BCUT2D eigenvalue weighted by molar-refractivity contribution is 7.36. The summed E-state index contributed by atoms with van der Waals surface area (Å²) in [7, 11) is 0.0520. The lowest BCUT2D eigenvalue weighted by Gasteiger charge is -1.88. The molecule has 0 saturated carbocycles. The van der Waals surface area contributed by atoms with E-state index >= 15 is 0 Å². The van der Waals surface area contributed by atoms with Crippen LogP contribution in [0, 0.1) is 17.0 Å². The van der Waals surface area contributed by atoms with Crippen LogP contribution in [0.25, 0.3) is 10.2 Å². The van der Waals surface area contributed by atoms with Crippen LogP contribution in [0.2, 0.25) is 0 Å². The van der Waals surface area contributed by atoms with E-state index in [1.165, 1.54) is 0 Å². The summed E-state index contributed by atoms with van der Waals surface area (Å²) in [5, 5.41) is 11.7. The van der Waals surface area contributed by atoms with Gasteiger partial charge in [0, 0.05) is 35.6 Å².